The highest BCUT2D eigenvalue weighted by Crippen LogP contribution is 2.24. The fourth-order valence-electron chi connectivity index (χ4n) is 4.40. The summed E-state index contributed by atoms with van der Waals surface area (Å²) in [6.07, 6.45) is 1.65. The van der Waals surface area contributed by atoms with Crippen molar-refractivity contribution in [3.63, 3.8) is 0 Å². The number of carboxylic acids is 1. The first-order valence-electron chi connectivity index (χ1n) is 11.5. The van der Waals surface area contributed by atoms with Crippen molar-refractivity contribution >= 4 is 23.1 Å². The van der Waals surface area contributed by atoms with E-state index in [0.717, 1.165) is 33.8 Å². The van der Waals surface area contributed by atoms with E-state index in [-0.39, 0.29) is 11.1 Å². The summed E-state index contributed by atoms with van der Waals surface area (Å²) >= 11 is 0. The summed E-state index contributed by atoms with van der Waals surface area (Å²) in [5, 5.41) is 14.5. The van der Waals surface area contributed by atoms with E-state index < -0.39 is 5.97 Å². The molecular formula is C29H24N4O3. The zero-order valence-electron chi connectivity index (χ0n) is 20.1. The van der Waals surface area contributed by atoms with Gasteiger partial charge in [0, 0.05) is 28.2 Å². The molecule has 0 fully saturated rings. The molecule has 7 nitrogen and oxygen atoms in total. The van der Waals surface area contributed by atoms with Crippen molar-refractivity contribution in [2.45, 2.75) is 20.8 Å². The Labute approximate surface area is 207 Å². The molecule has 0 aliphatic heterocycles. The Balaban J connectivity index is 1.65. The van der Waals surface area contributed by atoms with Gasteiger partial charge in [0.05, 0.1) is 22.7 Å². The molecule has 0 saturated heterocycles. The summed E-state index contributed by atoms with van der Waals surface area (Å²) in [6.45, 7) is 5.84. The molecule has 1 N–H and O–H groups in total. The van der Waals surface area contributed by atoms with Crippen LogP contribution in [0.2, 0.25) is 0 Å². The minimum Gasteiger partial charge on any atom is -0.478 e. The van der Waals surface area contributed by atoms with Crippen molar-refractivity contribution in [3.8, 4) is 17.1 Å². The number of carboxylic acid groups (broad SMARTS) is 1. The van der Waals surface area contributed by atoms with Crippen LogP contribution in [0, 0.1) is 20.8 Å². The van der Waals surface area contributed by atoms with Gasteiger partial charge in [0.2, 0.25) is 0 Å². The topological polar surface area (TPSA) is 89.5 Å². The molecule has 5 rings (SSSR count). The second-order valence-corrected chi connectivity index (χ2v) is 8.65. The van der Waals surface area contributed by atoms with Gasteiger partial charge in [-0.3, -0.25) is 4.79 Å². The average Bonchev–Trinajstić information content (AvgIpc) is 3.16. The Morgan fingerprint density at radius 1 is 0.944 bits per heavy atom. The van der Waals surface area contributed by atoms with Crippen LogP contribution in [0.3, 0.4) is 0 Å². The van der Waals surface area contributed by atoms with Crippen molar-refractivity contribution in [2.75, 3.05) is 0 Å². The lowest BCUT2D eigenvalue weighted by Gasteiger charge is -2.13. The third kappa shape index (κ3) is 4.01. The number of benzene rings is 3. The zero-order valence-corrected chi connectivity index (χ0v) is 20.1. The number of para-hydroxylation sites is 1. The molecule has 0 saturated carbocycles. The van der Waals surface area contributed by atoms with Crippen LogP contribution in [-0.2, 0) is 0 Å². The standard InChI is InChI=1S/C29H24N4O3/c1-18-13-14-22(29(35)36)16-26(18)32-19(2)15-23(20(32)3)17-30-33-27(21-9-5-4-6-10-21)31-25-12-8-7-11-24(25)28(33)34/h4-17H,1-3H3,(H,35,36). The summed E-state index contributed by atoms with van der Waals surface area (Å²) in [4.78, 5) is 29.7. The Bertz CT molecular complexity index is 1710. The van der Waals surface area contributed by atoms with E-state index >= 15 is 0 Å². The summed E-state index contributed by atoms with van der Waals surface area (Å²) in [7, 11) is 0. The number of nitrogens with zero attached hydrogens (tertiary/aromatic N) is 4. The number of aryl methyl sites for hydroxylation is 2. The number of rotatable bonds is 5. The van der Waals surface area contributed by atoms with Gasteiger partial charge < -0.3 is 9.67 Å². The molecule has 0 amide bonds. The monoisotopic (exact) mass is 476 g/mol. The van der Waals surface area contributed by atoms with Gasteiger partial charge >= 0.3 is 5.97 Å². The molecule has 0 radical (unpaired) electrons. The van der Waals surface area contributed by atoms with Crippen LogP contribution in [0.1, 0.15) is 32.9 Å². The lowest BCUT2D eigenvalue weighted by Crippen LogP contribution is -2.20. The van der Waals surface area contributed by atoms with Gasteiger partial charge in [0.15, 0.2) is 5.82 Å². The van der Waals surface area contributed by atoms with Crippen LogP contribution in [0.5, 0.6) is 0 Å². The van der Waals surface area contributed by atoms with Crippen molar-refractivity contribution < 1.29 is 9.90 Å². The van der Waals surface area contributed by atoms with Crippen LogP contribution in [0.15, 0.2) is 88.8 Å². The molecule has 3 aromatic carbocycles. The number of fused-ring (bicyclic) bond motifs is 1. The van der Waals surface area contributed by atoms with Crippen LogP contribution < -0.4 is 5.56 Å². The highest BCUT2D eigenvalue weighted by molar-refractivity contribution is 5.89. The van der Waals surface area contributed by atoms with Gasteiger partial charge in [-0.1, -0.05) is 48.5 Å². The molecule has 36 heavy (non-hydrogen) atoms. The fraction of sp³-hybridized carbons (Fsp3) is 0.103. The molecule has 0 aliphatic carbocycles. The van der Waals surface area contributed by atoms with Crippen molar-refractivity contribution in [3.05, 3.63) is 117 Å². The minimum atomic E-state index is -0.975. The molecule has 0 aliphatic rings. The van der Waals surface area contributed by atoms with Crippen molar-refractivity contribution in [2.24, 2.45) is 5.10 Å². The van der Waals surface area contributed by atoms with Crippen LogP contribution in [0.25, 0.3) is 28.0 Å². The van der Waals surface area contributed by atoms with E-state index in [9.17, 15) is 14.7 Å². The first-order valence-corrected chi connectivity index (χ1v) is 11.5. The third-order valence-electron chi connectivity index (χ3n) is 6.27. The summed E-state index contributed by atoms with van der Waals surface area (Å²) in [5.41, 5.74) is 5.71. The van der Waals surface area contributed by atoms with Crippen molar-refractivity contribution in [1.29, 1.82) is 0 Å². The van der Waals surface area contributed by atoms with E-state index in [0.29, 0.717) is 16.7 Å². The highest BCUT2D eigenvalue weighted by Gasteiger charge is 2.15. The first-order chi connectivity index (χ1) is 17.3. The van der Waals surface area contributed by atoms with Gasteiger partial charge in [0.1, 0.15) is 0 Å². The Morgan fingerprint density at radius 2 is 1.67 bits per heavy atom. The number of hydrogen-bond acceptors (Lipinski definition) is 4. The van der Waals surface area contributed by atoms with Gasteiger partial charge in [-0.2, -0.15) is 9.78 Å². The smallest absolute Gasteiger partial charge is 0.335 e. The highest BCUT2D eigenvalue weighted by atomic mass is 16.4. The van der Waals surface area contributed by atoms with E-state index in [1.165, 1.54) is 4.68 Å². The SMILES string of the molecule is Cc1ccc(C(=O)O)cc1-n1c(C)cc(C=Nn2c(-c3ccccc3)nc3ccccc3c2=O)c1C. The van der Waals surface area contributed by atoms with Crippen molar-refractivity contribution in [1.82, 2.24) is 14.2 Å². The summed E-state index contributed by atoms with van der Waals surface area (Å²) < 4.78 is 3.34. The normalized spacial score (nSPS) is 11.4. The lowest BCUT2D eigenvalue weighted by atomic mass is 10.1. The van der Waals surface area contributed by atoms with E-state index in [2.05, 4.69) is 5.10 Å². The zero-order chi connectivity index (χ0) is 25.4. The molecule has 0 atom stereocenters. The largest absolute Gasteiger partial charge is 0.478 e. The van der Waals surface area contributed by atoms with Crippen LogP contribution in [-0.4, -0.2) is 31.5 Å². The maximum atomic E-state index is 13.4. The average molecular weight is 477 g/mol. The predicted octanol–water partition coefficient (Wildman–Crippen LogP) is 5.36. The predicted molar refractivity (Wildman–Crippen MR) is 141 cm³/mol. The Morgan fingerprint density at radius 3 is 2.42 bits per heavy atom. The molecule has 2 aromatic heterocycles. The van der Waals surface area contributed by atoms with Gasteiger partial charge in [0.25, 0.3) is 5.56 Å². The quantitative estimate of drug-likeness (QED) is 0.346. The summed E-state index contributed by atoms with van der Waals surface area (Å²) in [5.74, 6) is -0.522. The molecular weight excluding hydrogens is 452 g/mol. The first kappa shape index (κ1) is 23.0. The molecule has 0 bridgehead atoms. The maximum Gasteiger partial charge on any atom is 0.335 e. The Hall–Kier alpha value is -4.78. The number of aromatic nitrogens is 3. The second kappa shape index (κ2) is 9.11. The van der Waals surface area contributed by atoms with E-state index in [1.54, 1.807) is 30.5 Å². The lowest BCUT2D eigenvalue weighted by molar-refractivity contribution is 0.0697. The summed E-state index contributed by atoms with van der Waals surface area (Å²) in [6, 6.07) is 23.8. The van der Waals surface area contributed by atoms with E-state index in [4.69, 9.17) is 4.98 Å². The van der Waals surface area contributed by atoms with Gasteiger partial charge in [-0.25, -0.2) is 9.78 Å². The second-order valence-electron chi connectivity index (χ2n) is 8.65. The molecule has 0 spiro atoms. The molecule has 2 heterocycles. The molecule has 178 valence electrons. The number of aromatic carboxylic acids is 1. The molecule has 7 heteroatoms. The molecule has 5 aromatic rings. The van der Waals surface area contributed by atoms with E-state index in [1.807, 2.05) is 79.9 Å². The van der Waals surface area contributed by atoms with Crippen LogP contribution in [0.4, 0.5) is 0 Å². The Kier molecular flexibility index (Phi) is 5.82. The van der Waals surface area contributed by atoms with Gasteiger partial charge in [-0.15, -0.1) is 0 Å². The fourth-order valence-corrected chi connectivity index (χ4v) is 4.40. The third-order valence-corrected chi connectivity index (χ3v) is 6.27. The number of carbonyl (C=O) groups is 1. The number of hydrogen-bond donors (Lipinski definition) is 1. The van der Waals surface area contributed by atoms with Crippen LogP contribution >= 0.6 is 0 Å². The molecule has 0 unspecified atom stereocenters. The van der Waals surface area contributed by atoms with Gasteiger partial charge in [-0.05, 0) is 56.7 Å². The minimum absolute atomic E-state index is 0.222. The maximum absolute atomic E-state index is 13.4.